The zero-order chi connectivity index (χ0) is 14.0. The lowest BCUT2D eigenvalue weighted by atomic mass is 10.1. The third kappa shape index (κ3) is 18.3. The molecule has 0 heterocycles. The molecule has 0 bridgehead atoms. The molecule has 0 saturated heterocycles. The molecule has 0 N–H and O–H groups in total. The summed E-state index contributed by atoms with van der Waals surface area (Å²) in [6.07, 6.45) is 15.3. The van der Waals surface area contributed by atoms with Crippen LogP contribution in [0.1, 0.15) is 84.5 Å². The molecule has 0 aliphatic carbocycles. The van der Waals surface area contributed by atoms with Crippen molar-refractivity contribution in [3.05, 3.63) is 0 Å². The second kappa shape index (κ2) is 18.3. The van der Waals surface area contributed by atoms with Gasteiger partial charge in [0.25, 0.3) is 0 Å². The molecule has 0 atom stereocenters. The highest BCUT2D eigenvalue weighted by molar-refractivity contribution is 7.99. The molecule has 0 aromatic rings. The van der Waals surface area contributed by atoms with Crippen molar-refractivity contribution >= 4 is 11.8 Å². The highest BCUT2D eigenvalue weighted by Gasteiger charge is 1.93. The SMILES string of the molecule is CCCOCCCCCCCCCCCCSCC. The van der Waals surface area contributed by atoms with Crippen LogP contribution >= 0.6 is 11.8 Å². The maximum Gasteiger partial charge on any atom is 0.0466 e. The fourth-order valence-electron chi connectivity index (χ4n) is 2.21. The van der Waals surface area contributed by atoms with E-state index in [2.05, 4.69) is 25.6 Å². The lowest BCUT2D eigenvalue weighted by molar-refractivity contribution is 0.130. The van der Waals surface area contributed by atoms with Crippen LogP contribution in [0.5, 0.6) is 0 Å². The van der Waals surface area contributed by atoms with Gasteiger partial charge in [0, 0.05) is 13.2 Å². The van der Waals surface area contributed by atoms with Crippen LogP contribution in [0.2, 0.25) is 0 Å². The lowest BCUT2D eigenvalue weighted by Crippen LogP contribution is -1.95. The molecular weight excluding hydrogens is 252 g/mol. The van der Waals surface area contributed by atoms with Gasteiger partial charge in [0.15, 0.2) is 0 Å². The summed E-state index contributed by atoms with van der Waals surface area (Å²) in [6, 6.07) is 0. The Balaban J connectivity index is 2.88. The Morgan fingerprint density at radius 3 is 1.68 bits per heavy atom. The first-order chi connectivity index (χ1) is 9.41. The van der Waals surface area contributed by atoms with Crippen LogP contribution in [-0.4, -0.2) is 24.7 Å². The topological polar surface area (TPSA) is 9.23 Å². The standard InChI is InChI=1S/C17H36OS/c1-3-15-18-16-13-11-9-7-5-6-8-10-12-14-17-19-4-2/h3-17H2,1-2H3. The zero-order valence-corrected chi connectivity index (χ0v) is 14.2. The lowest BCUT2D eigenvalue weighted by Gasteiger charge is -2.03. The molecule has 2 heteroatoms. The second-order valence-electron chi connectivity index (χ2n) is 5.34. The van der Waals surface area contributed by atoms with Crippen molar-refractivity contribution in [3.63, 3.8) is 0 Å². The first-order valence-corrected chi connectivity index (χ1v) is 9.72. The first kappa shape index (κ1) is 19.3. The van der Waals surface area contributed by atoms with E-state index in [9.17, 15) is 0 Å². The molecule has 0 radical (unpaired) electrons. The largest absolute Gasteiger partial charge is 0.381 e. The number of thioether (sulfide) groups is 1. The summed E-state index contributed by atoms with van der Waals surface area (Å²) in [5.74, 6) is 2.65. The van der Waals surface area contributed by atoms with E-state index in [1.165, 1.54) is 75.7 Å². The molecule has 19 heavy (non-hydrogen) atoms. The molecule has 0 saturated carbocycles. The smallest absolute Gasteiger partial charge is 0.0466 e. The van der Waals surface area contributed by atoms with Crippen LogP contribution < -0.4 is 0 Å². The van der Waals surface area contributed by atoms with E-state index in [1.807, 2.05) is 0 Å². The summed E-state index contributed by atoms with van der Waals surface area (Å²) in [6.45, 7) is 6.34. The normalized spacial score (nSPS) is 11.1. The highest BCUT2D eigenvalue weighted by atomic mass is 32.2. The zero-order valence-electron chi connectivity index (χ0n) is 13.4. The molecule has 116 valence electrons. The molecule has 0 aliphatic rings. The van der Waals surface area contributed by atoms with Gasteiger partial charge in [-0.15, -0.1) is 0 Å². The van der Waals surface area contributed by atoms with Gasteiger partial charge in [-0.25, -0.2) is 0 Å². The third-order valence-electron chi connectivity index (χ3n) is 3.38. The summed E-state index contributed by atoms with van der Waals surface area (Å²) in [7, 11) is 0. The van der Waals surface area contributed by atoms with Crippen LogP contribution in [0.4, 0.5) is 0 Å². The van der Waals surface area contributed by atoms with Crippen LogP contribution in [0.25, 0.3) is 0 Å². The third-order valence-corrected chi connectivity index (χ3v) is 4.37. The van der Waals surface area contributed by atoms with Crippen molar-refractivity contribution in [1.29, 1.82) is 0 Å². The van der Waals surface area contributed by atoms with Crippen LogP contribution in [0.15, 0.2) is 0 Å². The van der Waals surface area contributed by atoms with Gasteiger partial charge in [-0.1, -0.05) is 65.2 Å². The number of rotatable bonds is 16. The molecule has 0 aromatic heterocycles. The molecule has 0 fully saturated rings. The Bertz CT molecular complexity index is 134. The molecule has 0 aliphatic heterocycles. The number of hydrogen-bond acceptors (Lipinski definition) is 2. The number of ether oxygens (including phenoxy) is 1. The second-order valence-corrected chi connectivity index (χ2v) is 6.74. The Morgan fingerprint density at radius 2 is 1.16 bits per heavy atom. The van der Waals surface area contributed by atoms with E-state index < -0.39 is 0 Å². The van der Waals surface area contributed by atoms with Crippen LogP contribution in [0, 0.1) is 0 Å². The van der Waals surface area contributed by atoms with Gasteiger partial charge in [-0.2, -0.15) is 11.8 Å². The molecule has 0 aromatic carbocycles. The number of hydrogen-bond donors (Lipinski definition) is 0. The first-order valence-electron chi connectivity index (χ1n) is 8.57. The maximum atomic E-state index is 5.48. The molecule has 1 nitrogen and oxygen atoms in total. The van der Waals surface area contributed by atoms with E-state index >= 15 is 0 Å². The summed E-state index contributed by atoms with van der Waals surface area (Å²) in [5.41, 5.74) is 0. The van der Waals surface area contributed by atoms with E-state index in [0.717, 1.165) is 19.6 Å². The maximum absolute atomic E-state index is 5.48. The fourth-order valence-corrected chi connectivity index (χ4v) is 2.91. The van der Waals surface area contributed by atoms with Gasteiger partial charge in [0.1, 0.15) is 0 Å². The van der Waals surface area contributed by atoms with Gasteiger partial charge in [-0.05, 0) is 30.8 Å². The predicted molar refractivity (Wildman–Crippen MR) is 90.3 cm³/mol. The molecule has 0 unspecified atom stereocenters. The molecule has 0 spiro atoms. The summed E-state index contributed by atoms with van der Waals surface area (Å²) in [4.78, 5) is 0. The van der Waals surface area contributed by atoms with E-state index in [0.29, 0.717) is 0 Å². The summed E-state index contributed by atoms with van der Waals surface area (Å²) < 4.78 is 5.48. The minimum atomic E-state index is 0.941. The summed E-state index contributed by atoms with van der Waals surface area (Å²) >= 11 is 2.08. The van der Waals surface area contributed by atoms with Crippen molar-refractivity contribution in [2.45, 2.75) is 84.5 Å². The minimum Gasteiger partial charge on any atom is -0.381 e. The van der Waals surface area contributed by atoms with Gasteiger partial charge in [-0.3, -0.25) is 0 Å². The highest BCUT2D eigenvalue weighted by Crippen LogP contribution is 2.12. The molecule has 0 amide bonds. The molecular formula is C17H36OS. The van der Waals surface area contributed by atoms with Crippen molar-refractivity contribution in [2.75, 3.05) is 24.7 Å². The average Bonchev–Trinajstić information content (AvgIpc) is 2.43. The average molecular weight is 289 g/mol. The van der Waals surface area contributed by atoms with Gasteiger partial charge < -0.3 is 4.74 Å². The van der Waals surface area contributed by atoms with Gasteiger partial charge in [0.05, 0.1) is 0 Å². The van der Waals surface area contributed by atoms with Gasteiger partial charge in [0.2, 0.25) is 0 Å². The van der Waals surface area contributed by atoms with E-state index in [4.69, 9.17) is 4.74 Å². The Kier molecular flexibility index (Phi) is 18.6. The monoisotopic (exact) mass is 288 g/mol. The van der Waals surface area contributed by atoms with Gasteiger partial charge >= 0.3 is 0 Å². The Labute approximate surface area is 126 Å². The Hall–Kier alpha value is 0.310. The summed E-state index contributed by atoms with van der Waals surface area (Å²) in [5, 5.41) is 0. The minimum absolute atomic E-state index is 0.941. The fraction of sp³-hybridized carbons (Fsp3) is 1.00. The van der Waals surface area contributed by atoms with E-state index in [-0.39, 0.29) is 0 Å². The van der Waals surface area contributed by atoms with Crippen molar-refractivity contribution in [2.24, 2.45) is 0 Å². The van der Waals surface area contributed by atoms with Crippen LogP contribution in [-0.2, 0) is 4.74 Å². The van der Waals surface area contributed by atoms with Crippen molar-refractivity contribution in [1.82, 2.24) is 0 Å². The van der Waals surface area contributed by atoms with Crippen molar-refractivity contribution < 1.29 is 4.74 Å². The predicted octanol–water partition coefficient (Wildman–Crippen LogP) is 6.07. The van der Waals surface area contributed by atoms with Crippen molar-refractivity contribution in [3.8, 4) is 0 Å². The van der Waals surface area contributed by atoms with E-state index in [1.54, 1.807) is 0 Å². The molecule has 0 rings (SSSR count). The quantitative estimate of drug-likeness (QED) is 0.319. The Morgan fingerprint density at radius 1 is 0.632 bits per heavy atom. The van der Waals surface area contributed by atoms with Crippen LogP contribution in [0.3, 0.4) is 0 Å². The number of unbranched alkanes of at least 4 members (excludes halogenated alkanes) is 9.